The lowest BCUT2D eigenvalue weighted by atomic mass is 10.0. The minimum absolute atomic E-state index is 0.606. The molecule has 1 aliphatic rings. The molecule has 1 N–H and O–H groups in total. The quantitative estimate of drug-likeness (QED) is 0.919. The fraction of sp³-hybridized carbons (Fsp3) is 0.231. The zero-order valence-corrected chi connectivity index (χ0v) is 11.4. The summed E-state index contributed by atoms with van der Waals surface area (Å²) >= 11 is 4.99. The molecule has 1 unspecified atom stereocenters. The lowest BCUT2D eigenvalue weighted by molar-refractivity contribution is 0.214. The highest BCUT2D eigenvalue weighted by molar-refractivity contribution is 9.11. The van der Waals surface area contributed by atoms with Gasteiger partial charge < -0.3 is 9.84 Å². The third-order valence-electron chi connectivity index (χ3n) is 2.94. The molecule has 1 aromatic carbocycles. The average Bonchev–Trinajstić information content (AvgIpc) is 2.95. The number of aliphatic hydroxyl groups is 1. The normalized spacial score (nSPS) is 15.4. The van der Waals surface area contributed by atoms with E-state index in [4.69, 9.17) is 4.74 Å². The fourth-order valence-corrected chi connectivity index (χ4v) is 3.30. The van der Waals surface area contributed by atoms with E-state index in [9.17, 15) is 5.11 Å². The third-order valence-corrected chi connectivity index (χ3v) is 4.47. The van der Waals surface area contributed by atoms with Gasteiger partial charge in [0, 0.05) is 12.0 Å². The van der Waals surface area contributed by atoms with Crippen LogP contribution in [0, 0.1) is 0 Å². The molecule has 0 fully saturated rings. The number of benzene rings is 1. The summed E-state index contributed by atoms with van der Waals surface area (Å²) < 4.78 is 6.64. The number of hydrogen-bond acceptors (Lipinski definition) is 3. The number of para-hydroxylation sites is 1. The second-order valence-electron chi connectivity index (χ2n) is 4.02. The first-order valence-electron chi connectivity index (χ1n) is 5.42. The van der Waals surface area contributed by atoms with E-state index in [-0.39, 0.29) is 0 Å². The molecule has 0 radical (unpaired) electrons. The van der Waals surface area contributed by atoms with Crippen molar-refractivity contribution < 1.29 is 9.84 Å². The van der Waals surface area contributed by atoms with Crippen molar-refractivity contribution in [1.82, 2.24) is 0 Å². The predicted molar refractivity (Wildman–Crippen MR) is 71.7 cm³/mol. The van der Waals surface area contributed by atoms with E-state index < -0.39 is 6.10 Å². The maximum absolute atomic E-state index is 10.4. The van der Waals surface area contributed by atoms with Gasteiger partial charge in [-0.2, -0.15) is 0 Å². The summed E-state index contributed by atoms with van der Waals surface area (Å²) in [7, 11) is 0. The van der Waals surface area contributed by atoms with Crippen LogP contribution in [0.25, 0.3) is 0 Å². The summed E-state index contributed by atoms with van der Waals surface area (Å²) in [6, 6.07) is 7.92. The minimum Gasteiger partial charge on any atom is -0.493 e. The van der Waals surface area contributed by atoms with Crippen LogP contribution in [0.1, 0.15) is 22.8 Å². The second-order valence-corrected chi connectivity index (χ2v) is 6.31. The summed E-state index contributed by atoms with van der Waals surface area (Å²) in [6.07, 6.45) is 0.328. The molecule has 0 saturated carbocycles. The Morgan fingerprint density at radius 3 is 3.06 bits per heavy atom. The van der Waals surface area contributed by atoms with E-state index in [2.05, 4.69) is 22.0 Å². The molecule has 1 aliphatic heterocycles. The maximum atomic E-state index is 10.4. The van der Waals surface area contributed by atoms with Gasteiger partial charge in [0.2, 0.25) is 0 Å². The highest BCUT2D eigenvalue weighted by atomic mass is 79.9. The van der Waals surface area contributed by atoms with Crippen molar-refractivity contribution >= 4 is 27.3 Å². The van der Waals surface area contributed by atoms with Gasteiger partial charge in [0.15, 0.2) is 0 Å². The Hall–Kier alpha value is -0.840. The molecular weight excluding hydrogens is 300 g/mol. The highest BCUT2D eigenvalue weighted by Crippen LogP contribution is 2.37. The van der Waals surface area contributed by atoms with Crippen LogP contribution in [0.15, 0.2) is 33.4 Å². The topological polar surface area (TPSA) is 29.5 Å². The molecule has 0 saturated heterocycles. The van der Waals surface area contributed by atoms with Gasteiger partial charge in [-0.3, -0.25) is 0 Å². The van der Waals surface area contributed by atoms with Crippen molar-refractivity contribution in [3.63, 3.8) is 0 Å². The van der Waals surface area contributed by atoms with Crippen LogP contribution in [-0.4, -0.2) is 11.7 Å². The zero-order valence-electron chi connectivity index (χ0n) is 9.02. The van der Waals surface area contributed by atoms with Gasteiger partial charge in [0.1, 0.15) is 11.9 Å². The highest BCUT2D eigenvalue weighted by Gasteiger charge is 2.22. The Kier molecular flexibility index (Phi) is 2.94. The van der Waals surface area contributed by atoms with Crippen molar-refractivity contribution in [1.29, 1.82) is 0 Å². The van der Waals surface area contributed by atoms with E-state index in [0.29, 0.717) is 6.61 Å². The number of rotatable bonds is 2. The third kappa shape index (κ3) is 2.01. The number of ether oxygens (including phenoxy) is 1. The van der Waals surface area contributed by atoms with E-state index in [1.165, 1.54) is 5.56 Å². The standard InChI is InChI=1S/C13H11BrO2S/c14-11-6-9(7-17-11)12(15)10-3-1-2-8-4-5-16-13(8)10/h1-3,6-7,12,15H,4-5H2. The molecule has 0 aliphatic carbocycles. The summed E-state index contributed by atoms with van der Waals surface area (Å²) in [4.78, 5) is 0. The van der Waals surface area contributed by atoms with E-state index in [1.807, 2.05) is 23.6 Å². The molecule has 3 rings (SSSR count). The van der Waals surface area contributed by atoms with Crippen molar-refractivity contribution in [2.24, 2.45) is 0 Å². The largest absolute Gasteiger partial charge is 0.493 e. The zero-order chi connectivity index (χ0) is 11.8. The van der Waals surface area contributed by atoms with Crippen molar-refractivity contribution in [3.8, 4) is 5.75 Å². The molecule has 1 aromatic heterocycles. The number of thiophene rings is 1. The molecule has 0 bridgehead atoms. The second kappa shape index (κ2) is 4.44. The maximum Gasteiger partial charge on any atom is 0.128 e. The lowest BCUT2D eigenvalue weighted by Gasteiger charge is -2.13. The number of fused-ring (bicyclic) bond motifs is 1. The first kappa shape index (κ1) is 11.3. The molecular formula is C13H11BrO2S. The van der Waals surface area contributed by atoms with Crippen LogP contribution < -0.4 is 4.74 Å². The summed E-state index contributed by atoms with van der Waals surface area (Å²) in [5.74, 6) is 0.863. The monoisotopic (exact) mass is 310 g/mol. The van der Waals surface area contributed by atoms with Crippen molar-refractivity contribution in [2.45, 2.75) is 12.5 Å². The molecule has 88 valence electrons. The fourth-order valence-electron chi connectivity index (χ4n) is 2.10. The van der Waals surface area contributed by atoms with E-state index >= 15 is 0 Å². The SMILES string of the molecule is OC(c1csc(Br)c1)c1cccc2c1OCC2. The van der Waals surface area contributed by atoms with E-state index in [0.717, 1.165) is 27.1 Å². The van der Waals surface area contributed by atoms with Gasteiger partial charge in [-0.05, 0) is 38.5 Å². The number of aliphatic hydroxyl groups excluding tert-OH is 1. The molecule has 0 spiro atoms. The number of halogens is 1. The molecule has 4 heteroatoms. The molecule has 2 heterocycles. The summed E-state index contributed by atoms with van der Waals surface area (Å²) in [5.41, 5.74) is 2.96. The van der Waals surface area contributed by atoms with E-state index in [1.54, 1.807) is 11.3 Å². The molecule has 2 aromatic rings. The first-order valence-corrected chi connectivity index (χ1v) is 7.09. The van der Waals surface area contributed by atoms with Crippen molar-refractivity contribution in [3.05, 3.63) is 50.1 Å². The van der Waals surface area contributed by atoms with Crippen LogP contribution in [-0.2, 0) is 6.42 Å². The Morgan fingerprint density at radius 1 is 1.41 bits per heavy atom. The average molecular weight is 311 g/mol. The Balaban J connectivity index is 2.02. The molecule has 17 heavy (non-hydrogen) atoms. The van der Waals surface area contributed by atoms with Gasteiger partial charge in [-0.25, -0.2) is 0 Å². The van der Waals surface area contributed by atoms with Gasteiger partial charge >= 0.3 is 0 Å². The van der Waals surface area contributed by atoms with Crippen LogP contribution in [0.2, 0.25) is 0 Å². The van der Waals surface area contributed by atoms with Gasteiger partial charge in [0.25, 0.3) is 0 Å². The Labute approximate surface area is 112 Å². The van der Waals surface area contributed by atoms with Crippen LogP contribution in [0.4, 0.5) is 0 Å². The van der Waals surface area contributed by atoms with Gasteiger partial charge in [-0.1, -0.05) is 18.2 Å². The molecule has 2 nitrogen and oxygen atoms in total. The van der Waals surface area contributed by atoms with Crippen LogP contribution in [0.5, 0.6) is 5.75 Å². The minimum atomic E-state index is -0.606. The lowest BCUT2D eigenvalue weighted by Crippen LogP contribution is -2.00. The summed E-state index contributed by atoms with van der Waals surface area (Å²) in [6.45, 7) is 0.715. The van der Waals surface area contributed by atoms with Crippen LogP contribution in [0.3, 0.4) is 0 Å². The van der Waals surface area contributed by atoms with Crippen molar-refractivity contribution in [2.75, 3.05) is 6.61 Å². The number of hydrogen-bond donors (Lipinski definition) is 1. The summed E-state index contributed by atoms with van der Waals surface area (Å²) in [5, 5.41) is 12.3. The first-order chi connectivity index (χ1) is 8.25. The Morgan fingerprint density at radius 2 is 2.29 bits per heavy atom. The molecule has 1 atom stereocenters. The van der Waals surface area contributed by atoms with Crippen LogP contribution >= 0.6 is 27.3 Å². The molecule has 0 amide bonds. The Bertz CT molecular complexity index is 550. The van der Waals surface area contributed by atoms with Gasteiger partial charge in [-0.15, -0.1) is 11.3 Å². The predicted octanol–water partition coefficient (Wildman–Crippen LogP) is 3.53. The van der Waals surface area contributed by atoms with Gasteiger partial charge in [0.05, 0.1) is 10.4 Å². The smallest absolute Gasteiger partial charge is 0.128 e.